The van der Waals surface area contributed by atoms with Gasteiger partial charge in [-0.05, 0) is 31.1 Å². The molecule has 0 saturated carbocycles. The third-order valence-corrected chi connectivity index (χ3v) is 2.79. The fourth-order valence-electron chi connectivity index (χ4n) is 1.57. The Bertz CT molecular complexity index is 133. The molecule has 0 saturated heterocycles. The summed E-state index contributed by atoms with van der Waals surface area (Å²) < 4.78 is 0. The Hall–Kier alpha value is -0.260. The van der Waals surface area contributed by atoms with E-state index in [1.807, 2.05) is 13.8 Å². The van der Waals surface area contributed by atoms with E-state index in [-0.39, 0.29) is 0 Å². The minimum absolute atomic E-state index is 0.912. The Morgan fingerprint density at radius 1 is 1.25 bits per heavy atom. The summed E-state index contributed by atoms with van der Waals surface area (Å²) in [7, 11) is 0. The average molecular weight is 168 g/mol. The second kappa shape index (κ2) is 6.28. The van der Waals surface area contributed by atoms with Crippen LogP contribution in [-0.2, 0) is 0 Å². The van der Waals surface area contributed by atoms with E-state index in [4.69, 9.17) is 0 Å². The SMILES string of the molecule is CC.CCC1=CCC(C)C(C)C1. The molecular formula is C12H24. The van der Waals surface area contributed by atoms with Crippen LogP contribution in [0.1, 0.15) is 53.9 Å². The van der Waals surface area contributed by atoms with E-state index in [9.17, 15) is 0 Å². The van der Waals surface area contributed by atoms with Gasteiger partial charge >= 0.3 is 0 Å². The maximum absolute atomic E-state index is 2.44. The van der Waals surface area contributed by atoms with Crippen LogP contribution in [0.3, 0.4) is 0 Å². The molecule has 0 fully saturated rings. The molecule has 0 aromatic heterocycles. The van der Waals surface area contributed by atoms with Gasteiger partial charge in [-0.1, -0.05) is 46.3 Å². The van der Waals surface area contributed by atoms with Gasteiger partial charge in [0.05, 0.1) is 0 Å². The maximum Gasteiger partial charge on any atom is -0.0292 e. The lowest BCUT2D eigenvalue weighted by atomic mass is 9.81. The molecule has 72 valence electrons. The lowest BCUT2D eigenvalue weighted by Crippen LogP contribution is -2.12. The lowest BCUT2D eigenvalue weighted by Gasteiger charge is -2.24. The maximum atomic E-state index is 2.44. The summed E-state index contributed by atoms with van der Waals surface area (Å²) in [5.41, 5.74) is 1.67. The van der Waals surface area contributed by atoms with E-state index < -0.39 is 0 Å². The van der Waals surface area contributed by atoms with Crippen LogP contribution in [0.2, 0.25) is 0 Å². The normalized spacial score (nSPS) is 28.6. The highest BCUT2D eigenvalue weighted by Crippen LogP contribution is 2.29. The molecule has 0 bridgehead atoms. The molecule has 0 amide bonds. The van der Waals surface area contributed by atoms with Crippen LogP contribution < -0.4 is 0 Å². The fraction of sp³-hybridized carbons (Fsp3) is 0.833. The molecule has 0 heteroatoms. The molecule has 0 aromatic rings. The van der Waals surface area contributed by atoms with Gasteiger partial charge in [0.1, 0.15) is 0 Å². The van der Waals surface area contributed by atoms with Gasteiger partial charge < -0.3 is 0 Å². The molecule has 0 heterocycles. The van der Waals surface area contributed by atoms with E-state index >= 15 is 0 Å². The van der Waals surface area contributed by atoms with Crippen molar-refractivity contribution in [3.05, 3.63) is 11.6 Å². The molecule has 12 heavy (non-hydrogen) atoms. The van der Waals surface area contributed by atoms with Crippen molar-refractivity contribution >= 4 is 0 Å². The zero-order valence-corrected chi connectivity index (χ0v) is 9.35. The van der Waals surface area contributed by atoms with Crippen molar-refractivity contribution in [2.45, 2.75) is 53.9 Å². The monoisotopic (exact) mass is 168 g/mol. The Labute approximate surface area is 78.1 Å². The van der Waals surface area contributed by atoms with Crippen LogP contribution in [0, 0.1) is 11.8 Å². The largest absolute Gasteiger partial charge is 0.0851 e. The number of rotatable bonds is 1. The molecule has 1 aliphatic rings. The van der Waals surface area contributed by atoms with Crippen LogP contribution in [0.4, 0.5) is 0 Å². The van der Waals surface area contributed by atoms with Crippen molar-refractivity contribution in [1.29, 1.82) is 0 Å². The molecular weight excluding hydrogens is 144 g/mol. The van der Waals surface area contributed by atoms with Crippen molar-refractivity contribution in [2.24, 2.45) is 11.8 Å². The highest BCUT2D eigenvalue weighted by Gasteiger charge is 2.16. The van der Waals surface area contributed by atoms with Gasteiger partial charge in [0.25, 0.3) is 0 Å². The first-order chi connectivity index (χ1) is 5.74. The van der Waals surface area contributed by atoms with Gasteiger partial charge in [0, 0.05) is 0 Å². The Balaban J connectivity index is 0.000000561. The van der Waals surface area contributed by atoms with Gasteiger partial charge in [-0.2, -0.15) is 0 Å². The summed E-state index contributed by atoms with van der Waals surface area (Å²) in [5, 5.41) is 0. The lowest BCUT2D eigenvalue weighted by molar-refractivity contribution is 0.366. The quantitative estimate of drug-likeness (QED) is 0.509. The first-order valence-corrected chi connectivity index (χ1v) is 5.42. The van der Waals surface area contributed by atoms with Gasteiger partial charge in [0.15, 0.2) is 0 Å². The third-order valence-electron chi connectivity index (χ3n) is 2.79. The number of allylic oxidation sites excluding steroid dienone is 2. The smallest absolute Gasteiger partial charge is 0.0292 e. The topological polar surface area (TPSA) is 0 Å². The summed E-state index contributed by atoms with van der Waals surface area (Å²) in [6.07, 6.45) is 6.35. The van der Waals surface area contributed by atoms with Gasteiger partial charge in [-0.25, -0.2) is 0 Å². The summed E-state index contributed by atoms with van der Waals surface area (Å²) in [5.74, 6) is 1.83. The first-order valence-electron chi connectivity index (χ1n) is 5.42. The summed E-state index contributed by atoms with van der Waals surface area (Å²) >= 11 is 0. The van der Waals surface area contributed by atoms with Crippen LogP contribution in [0.5, 0.6) is 0 Å². The minimum atomic E-state index is 0.912. The second-order valence-corrected chi connectivity index (χ2v) is 3.61. The Morgan fingerprint density at radius 2 is 1.83 bits per heavy atom. The van der Waals surface area contributed by atoms with E-state index in [0.717, 1.165) is 11.8 Å². The molecule has 0 nitrogen and oxygen atoms in total. The Morgan fingerprint density at radius 3 is 2.25 bits per heavy atom. The standard InChI is InChI=1S/C10H18.C2H6/c1-4-10-6-5-8(2)9(3)7-10;1-2/h6,8-9H,4-5,7H2,1-3H3;1-2H3. The van der Waals surface area contributed by atoms with Crippen molar-refractivity contribution in [2.75, 3.05) is 0 Å². The molecule has 2 atom stereocenters. The van der Waals surface area contributed by atoms with E-state index in [1.54, 1.807) is 5.57 Å². The first kappa shape index (κ1) is 11.7. The molecule has 0 spiro atoms. The summed E-state index contributed by atoms with van der Waals surface area (Å²) in [6.45, 7) is 11.0. The molecule has 0 aliphatic heterocycles. The molecule has 0 radical (unpaired) electrons. The molecule has 1 aliphatic carbocycles. The number of hydrogen-bond donors (Lipinski definition) is 0. The molecule has 2 unspecified atom stereocenters. The zero-order chi connectivity index (χ0) is 9.56. The van der Waals surface area contributed by atoms with E-state index in [1.165, 1.54) is 19.3 Å². The number of hydrogen-bond acceptors (Lipinski definition) is 0. The van der Waals surface area contributed by atoms with Crippen molar-refractivity contribution in [1.82, 2.24) is 0 Å². The van der Waals surface area contributed by atoms with Gasteiger partial charge in [-0.15, -0.1) is 0 Å². The molecule has 0 N–H and O–H groups in total. The van der Waals surface area contributed by atoms with Crippen molar-refractivity contribution in [3.8, 4) is 0 Å². The summed E-state index contributed by atoms with van der Waals surface area (Å²) in [4.78, 5) is 0. The highest BCUT2D eigenvalue weighted by molar-refractivity contribution is 5.06. The zero-order valence-electron chi connectivity index (χ0n) is 9.35. The molecule has 0 aromatic carbocycles. The average Bonchev–Trinajstić information content (AvgIpc) is 2.13. The van der Waals surface area contributed by atoms with Crippen LogP contribution in [-0.4, -0.2) is 0 Å². The van der Waals surface area contributed by atoms with Gasteiger partial charge in [-0.3, -0.25) is 0 Å². The van der Waals surface area contributed by atoms with E-state index in [0.29, 0.717) is 0 Å². The van der Waals surface area contributed by atoms with Crippen molar-refractivity contribution in [3.63, 3.8) is 0 Å². The van der Waals surface area contributed by atoms with Crippen LogP contribution >= 0.6 is 0 Å². The van der Waals surface area contributed by atoms with Gasteiger partial charge in [0.2, 0.25) is 0 Å². The highest BCUT2D eigenvalue weighted by atomic mass is 14.2. The predicted molar refractivity (Wildman–Crippen MR) is 57.3 cm³/mol. The second-order valence-electron chi connectivity index (χ2n) is 3.61. The third kappa shape index (κ3) is 3.42. The van der Waals surface area contributed by atoms with Crippen molar-refractivity contribution < 1.29 is 0 Å². The predicted octanol–water partition coefficient (Wildman–Crippen LogP) is 4.42. The van der Waals surface area contributed by atoms with Crippen LogP contribution in [0.25, 0.3) is 0 Å². The Kier molecular flexibility index (Phi) is 6.14. The summed E-state index contributed by atoms with van der Waals surface area (Å²) in [6, 6.07) is 0. The van der Waals surface area contributed by atoms with Crippen LogP contribution in [0.15, 0.2) is 11.6 Å². The molecule has 1 rings (SSSR count). The fourth-order valence-corrected chi connectivity index (χ4v) is 1.57. The minimum Gasteiger partial charge on any atom is -0.0851 e. The van der Waals surface area contributed by atoms with E-state index in [2.05, 4.69) is 26.8 Å².